The number of hydrogen-bond donors (Lipinski definition) is 1. The lowest BCUT2D eigenvalue weighted by molar-refractivity contribution is -0.133. The first-order valence-corrected chi connectivity index (χ1v) is 4.14. The normalized spacial score (nSPS) is 13.0. The van der Waals surface area contributed by atoms with Crippen molar-refractivity contribution in [1.29, 1.82) is 0 Å². The van der Waals surface area contributed by atoms with Gasteiger partial charge in [0.2, 0.25) is 0 Å². The van der Waals surface area contributed by atoms with Gasteiger partial charge in [0, 0.05) is 12.9 Å². The molecule has 1 N–H and O–H groups in total. The Hall–Kier alpha value is -0.220. The Morgan fingerprint density at radius 1 is 1.80 bits per heavy atom. The molecule has 0 bridgehead atoms. The predicted molar refractivity (Wildman–Crippen MR) is 41.4 cm³/mol. The van der Waals surface area contributed by atoms with E-state index < -0.39 is 5.97 Å². The second kappa shape index (κ2) is 5.56. The maximum absolute atomic E-state index is 10.0. The van der Waals surface area contributed by atoms with Gasteiger partial charge in [0.1, 0.15) is 0 Å². The highest BCUT2D eigenvalue weighted by Gasteiger charge is 2.01. The Labute approximate surface area is 64.8 Å². The van der Waals surface area contributed by atoms with Gasteiger partial charge in [-0.2, -0.15) is 0 Å². The van der Waals surface area contributed by atoms with Gasteiger partial charge in [0.05, 0.1) is 11.9 Å². The molecule has 0 radical (unpaired) electrons. The number of ether oxygens (including phenoxy) is 1. The summed E-state index contributed by atoms with van der Waals surface area (Å²) in [6, 6.07) is 0. The number of rotatable bonds is 5. The molecule has 0 amide bonds. The molecule has 0 aromatic heterocycles. The van der Waals surface area contributed by atoms with E-state index in [1.54, 1.807) is 7.11 Å². The summed E-state index contributed by atoms with van der Waals surface area (Å²) in [4.78, 5) is 10.0. The molecule has 0 fully saturated rings. The number of methoxy groups -OCH3 is 1. The van der Waals surface area contributed by atoms with Crippen LogP contribution >= 0.6 is 11.8 Å². The third-order valence-corrected chi connectivity index (χ3v) is 2.14. The van der Waals surface area contributed by atoms with Crippen molar-refractivity contribution in [2.75, 3.05) is 18.6 Å². The van der Waals surface area contributed by atoms with Crippen molar-refractivity contribution in [2.45, 2.75) is 13.0 Å². The van der Waals surface area contributed by atoms with Crippen LogP contribution in [0.5, 0.6) is 0 Å². The summed E-state index contributed by atoms with van der Waals surface area (Å²) in [6.45, 7) is 1.91. The maximum atomic E-state index is 10.0. The lowest BCUT2D eigenvalue weighted by Gasteiger charge is -2.06. The SMILES string of the molecule is COC(C)CSCC(=O)O. The van der Waals surface area contributed by atoms with Crippen LogP contribution in [0.4, 0.5) is 0 Å². The van der Waals surface area contributed by atoms with Gasteiger partial charge < -0.3 is 9.84 Å². The predicted octanol–water partition coefficient (Wildman–Crippen LogP) is 0.839. The number of thioether (sulfide) groups is 1. The van der Waals surface area contributed by atoms with E-state index >= 15 is 0 Å². The molecule has 0 aliphatic carbocycles. The summed E-state index contributed by atoms with van der Waals surface area (Å²) >= 11 is 1.37. The van der Waals surface area contributed by atoms with Crippen LogP contribution in [-0.2, 0) is 9.53 Å². The summed E-state index contributed by atoms with van der Waals surface area (Å²) in [5.74, 6) is 0.129. The molecule has 3 nitrogen and oxygen atoms in total. The number of carboxylic acids is 1. The topological polar surface area (TPSA) is 46.5 Å². The second-order valence-electron chi connectivity index (χ2n) is 1.96. The summed E-state index contributed by atoms with van der Waals surface area (Å²) in [6.07, 6.45) is 0.143. The molecule has 0 saturated carbocycles. The Morgan fingerprint density at radius 3 is 2.80 bits per heavy atom. The first-order chi connectivity index (χ1) is 4.66. The third kappa shape index (κ3) is 5.91. The average molecular weight is 164 g/mol. The van der Waals surface area contributed by atoms with Crippen LogP contribution in [0.15, 0.2) is 0 Å². The third-order valence-electron chi connectivity index (χ3n) is 0.980. The molecule has 0 heterocycles. The van der Waals surface area contributed by atoms with Crippen molar-refractivity contribution < 1.29 is 14.6 Å². The number of hydrogen-bond acceptors (Lipinski definition) is 3. The molecular weight excluding hydrogens is 152 g/mol. The summed E-state index contributed by atoms with van der Waals surface area (Å²) in [7, 11) is 1.62. The van der Waals surface area contributed by atoms with Gasteiger partial charge in [0.15, 0.2) is 0 Å². The molecule has 0 rings (SSSR count). The zero-order valence-electron chi connectivity index (χ0n) is 6.16. The lowest BCUT2D eigenvalue weighted by atomic mass is 10.5. The van der Waals surface area contributed by atoms with Crippen molar-refractivity contribution in [3.8, 4) is 0 Å². The molecule has 0 aliphatic heterocycles. The minimum Gasteiger partial charge on any atom is -0.481 e. The molecule has 0 aromatic rings. The first kappa shape index (κ1) is 9.78. The molecule has 0 aromatic carbocycles. The van der Waals surface area contributed by atoms with Crippen LogP contribution in [0, 0.1) is 0 Å². The van der Waals surface area contributed by atoms with E-state index in [2.05, 4.69) is 0 Å². The van der Waals surface area contributed by atoms with Crippen molar-refractivity contribution >= 4 is 17.7 Å². The van der Waals surface area contributed by atoms with Crippen LogP contribution < -0.4 is 0 Å². The van der Waals surface area contributed by atoms with Gasteiger partial charge in [-0.1, -0.05) is 0 Å². The van der Waals surface area contributed by atoms with E-state index in [9.17, 15) is 4.79 Å². The molecule has 4 heteroatoms. The minimum atomic E-state index is -0.770. The highest BCUT2D eigenvalue weighted by molar-refractivity contribution is 7.99. The van der Waals surface area contributed by atoms with E-state index in [4.69, 9.17) is 9.84 Å². The highest BCUT2D eigenvalue weighted by Crippen LogP contribution is 2.03. The average Bonchev–Trinajstić information content (AvgIpc) is 1.87. The van der Waals surface area contributed by atoms with Crippen molar-refractivity contribution in [3.05, 3.63) is 0 Å². The van der Waals surface area contributed by atoms with Crippen LogP contribution in [0.2, 0.25) is 0 Å². The fraction of sp³-hybridized carbons (Fsp3) is 0.833. The van der Waals surface area contributed by atoms with Crippen molar-refractivity contribution in [1.82, 2.24) is 0 Å². The molecule has 1 atom stereocenters. The van der Waals surface area contributed by atoms with Gasteiger partial charge in [-0.05, 0) is 6.92 Å². The summed E-state index contributed by atoms with van der Waals surface area (Å²) < 4.78 is 4.92. The van der Waals surface area contributed by atoms with Gasteiger partial charge in [0.25, 0.3) is 0 Å². The van der Waals surface area contributed by atoms with Crippen LogP contribution in [-0.4, -0.2) is 35.8 Å². The summed E-state index contributed by atoms with van der Waals surface area (Å²) in [5.41, 5.74) is 0. The Balaban J connectivity index is 3.11. The maximum Gasteiger partial charge on any atom is 0.313 e. The molecule has 1 unspecified atom stereocenters. The van der Waals surface area contributed by atoms with Crippen molar-refractivity contribution in [3.63, 3.8) is 0 Å². The number of aliphatic carboxylic acids is 1. The fourth-order valence-electron chi connectivity index (χ4n) is 0.380. The van der Waals surface area contributed by atoms with E-state index in [-0.39, 0.29) is 11.9 Å². The van der Waals surface area contributed by atoms with E-state index in [0.717, 1.165) is 5.75 Å². The van der Waals surface area contributed by atoms with Crippen LogP contribution in [0.3, 0.4) is 0 Å². The first-order valence-electron chi connectivity index (χ1n) is 2.99. The molecule has 0 saturated heterocycles. The van der Waals surface area contributed by atoms with Gasteiger partial charge >= 0.3 is 5.97 Å². The van der Waals surface area contributed by atoms with Gasteiger partial charge in [-0.15, -0.1) is 11.8 Å². The zero-order valence-corrected chi connectivity index (χ0v) is 6.98. The second-order valence-corrected chi connectivity index (χ2v) is 2.99. The van der Waals surface area contributed by atoms with E-state index in [1.807, 2.05) is 6.92 Å². The zero-order chi connectivity index (χ0) is 7.98. The smallest absolute Gasteiger partial charge is 0.313 e. The number of carbonyl (C=O) groups is 1. The number of carboxylic acid groups (broad SMARTS) is 1. The molecule has 10 heavy (non-hydrogen) atoms. The van der Waals surface area contributed by atoms with Crippen LogP contribution in [0.25, 0.3) is 0 Å². The fourth-order valence-corrected chi connectivity index (χ4v) is 1.14. The molecule has 60 valence electrons. The standard InChI is InChI=1S/C6H12O3S/c1-5(9-2)3-10-4-6(7)8/h5H,3-4H2,1-2H3,(H,7,8). The largest absolute Gasteiger partial charge is 0.481 e. The van der Waals surface area contributed by atoms with Gasteiger partial charge in [-0.3, -0.25) is 4.79 Å². The minimum absolute atomic E-state index is 0.143. The Morgan fingerprint density at radius 2 is 2.40 bits per heavy atom. The van der Waals surface area contributed by atoms with E-state index in [0.29, 0.717) is 0 Å². The highest BCUT2D eigenvalue weighted by atomic mass is 32.2. The quantitative estimate of drug-likeness (QED) is 0.654. The molecule has 0 aliphatic rings. The Kier molecular flexibility index (Phi) is 5.43. The Bertz CT molecular complexity index is 105. The molecular formula is C6H12O3S. The molecule has 0 spiro atoms. The lowest BCUT2D eigenvalue weighted by Crippen LogP contribution is -2.10. The van der Waals surface area contributed by atoms with E-state index in [1.165, 1.54) is 11.8 Å². The van der Waals surface area contributed by atoms with Gasteiger partial charge in [-0.25, -0.2) is 0 Å². The summed E-state index contributed by atoms with van der Waals surface area (Å²) in [5, 5.41) is 8.24. The monoisotopic (exact) mass is 164 g/mol. The van der Waals surface area contributed by atoms with Crippen molar-refractivity contribution in [2.24, 2.45) is 0 Å². The van der Waals surface area contributed by atoms with Crippen LogP contribution in [0.1, 0.15) is 6.92 Å².